The number of rotatable bonds is 47. The van der Waals surface area contributed by atoms with Crippen LogP contribution in [0.4, 0.5) is 0 Å². The van der Waals surface area contributed by atoms with Crippen LogP contribution in [0.5, 0.6) is 0 Å². The lowest BCUT2D eigenvalue weighted by atomic mass is 10.0. The second kappa shape index (κ2) is 48.1. The highest BCUT2D eigenvalue weighted by Gasteiger charge is 2.24. The van der Waals surface area contributed by atoms with Crippen molar-refractivity contribution in [3.05, 3.63) is 36.5 Å². The van der Waals surface area contributed by atoms with Crippen molar-refractivity contribution in [2.45, 2.75) is 289 Å². The Labute approximate surface area is 373 Å². The minimum absolute atomic E-state index is 0.0693. The van der Waals surface area contributed by atoms with Crippen LogP contribution in [0.3, 0.4) is 0 Å². The Morgan fingerprint density at radius 1 is 0.483 bits per heavy atom. The molecule has 0 radical (unpaired) electrons. The van der Waals surface area contributed by atoms with Gasteiger partial charge in [0, 0.05) is 6.42 Å². The third-order valence-corrected chi connectivity index (χ3v) is 12.0. The largest absolute Gasteiger partial charge is 0.462 e. The van der Waals surface area contributed by atoms with Crippen molar-refractivity contribution in [1.29, 1.82) is 0 Å². The van der Waals surface area contributed by atoms with Gasteiger partial charge in [-0.25, -0.2) is 0 Å². The molecule has 0 saturated heterocycles. The van der Waals surface area contributed by atoms with E-state index in [1.165, 1.54) is 154 Å². The molecule has 0 saturated carbocycles. The van der Waals surface area contributed by atoms with Crippen LogP contribution in [0.15, 0.2) is 36.5 Å². The summed E-state index contributed by atoms with van der Waals surface area (Å²) in [6.45, 7) is 6.45. The molecule has 3 N–H and O–H groups in total. The fourth-order valence-electron chi connectivity index (χ4n) is 7.95. The first-order chi connectivity index (χ1) is 29.5. The number of hydrogen-bond acceptors (Lipinski definition) is 5. The van der Waals surface area contributed by atoms with Gasteiger partial charge in [0.05, 0.1) is 25.2 Å². The van der Waals surface area contributed by atoms with Crippen LogP contribution in [-0.2, 0) is 14.3 Å². The van der Waals surface area contributed by atoms with Gasteiger partial charge < -0.3 is 20.3 Å². The lowest BCUT2D eigenvalue weighted by Gasteiger charge is -2.24. The maximum Gasteiger partial charge on any atom is 0.306 e. The number of amides is 1. The van der Waals surface area contributed by atoms with Crippen molar-refractivity contribution in [3.8, 4) is 0 Å². The van der Waals surface area contributed by atoms with Crippen LogP contribution in [0.25, 0.3) is 0 Å². The van der Waals surface area contributed by atoms with Crippen LogP contribution in [0.2, 0.25) is 0 Å². The molecule has 0 bridgehead atoms. The van der Waals surface area contributed by atoms with E-state index >= 15 is 0 Å². The molecule has 0 aromatic rings. The molecule has 0 aliphatic rings. The van der Waals surface area contributed by atoms with Crippen LogP contribution in [-0.4, -0.2) is 46.9 Å². The van der Waals surface area contributed by atoms with Gasteiger partial charge >= 0.3 is 5.97 Å². The number of hydrogen-bond donors (Lipinski definition) is 3. The Morgan fingerprint density at radius 3 is 1.33 bits per heavy atom. The van der Waals surface area contributed by atoms with E-state index in [1.807, 2.05) is 0 Å². The Bertz CT molecular complexity index is 993. The first kappa shape index (κ1) is 58.1. The molecule has 0 aromatic carbocycles. The quantitative estimate of drug-likeness (QED) is 0.0245. The van der Waals surface area contributed by atoms with Crippen LogP contribution >= 0.6 is 0 Å². The van der Waals surface area contributed by atoms with Gasteiger partial charge in [0.1, 0.15) is 6.10 Å². The van der Waals surface area contributed by atoms with Crippen molar-refractivity contribution in [1.82, 2.24) is 5.32 Å². The second-order valence-electron chi connectivity index (χ2n) is 17.9. The SMILES string of the molecule is CCCCC/C=C/C=C/CCCCCCCCC(=O)OC(CCCCCCC/C=C\CCCCCC)CC(=O)NC(CO)C(O)CCCCCCCCCCCCCCC. The number of allylic oxidation sites excluding steroid dienone is 6. The molecule has 60 heavy (non-hydrogen) atoms. The predicted octanol–water partition coefficient (Wildman–Crippen LogP) is 15.7. The number of esters is 1. The lowest BCUT2D eigenvalue weighted by Crippen LogP contribution is -2.46. The standard InChI is InChI=1S/C54H101NO5/c1-4-7-10-13-16-19-22-25-26-29-32-35-38-41-44-47-54(59)60-50(45-42-39-36-33-30-27-23-20-17-14-11-8-5-2)48-53(58)55-51(49-56)52(57)46-43-40-37-34-31-28-24-21-18-15-12-9-6-3/h16,19-20,22-23,25,50-52,56-57H,4-15,17-18,21,24,26-49H2,1-3H3,(H,55,58)/b19-16+,23-20-,25-22+. The van der Waals surface area contributed by atoms with Crippen LogP contribution < -0.4 is 5.32 Å². The first-order valence-electron chi connectivity index (χ1n) is 26.2. The zero-order valence-corrected chi connectivity index (χ0v) is 40.1. The maximum absolute atomic E-state index is 13.2. The summed E-state index contributed by atoms with van der Waals surface area (Å²) in [6.07, 6.45) is 56.2. The van der Waals surface area contributed by atoms with Crippen molar-refractivity contribution < 1.29 is 24.5 Å². The van der Waals surface area contributed by atoms with Gasteiger partial charge in [-0.15, -0.1) is 0 Å². The Kier molecular flexibility index (Phi) is 46.6. The number of carbonyl (C=O) groups is 2. The van der Waals surface area contributed by atoms with E-state index in [1.54, 1.807) is 0 Å². The highest BCUT2D eigenvalue weighted by molar-refractivity contribution is 5.77. The summed E-state index contributed by atoms with van der Waals surface area (Å²) in [5.41, 5.74) is 0. The maximum atomic E-state index is 13.2. The van der Waals surface area contributed by atoms with Gasteiger partial charge in [-0.05, 0) is 77.0 Å². The molecular weight excluding hydrogens is 743 g/mol. The fraction of sp³-hybridized carbons (Fsp3) is 0.852. The average molecular weight is 844 g/mol. The summed E-state index contributed by atoms with van der Waals surface area (Å²) < 4.78 is 5.93. The van der Waals surface area contributed by atoms with Gasteiger partial charge in [-0.3, -0.25) is 9.59 Å². The summed E-state index contributed by atoms with van der Waals surface area (Å²) in [4.78, 5) is 26.1. The number of aliphatic hydroxyl groups excluding tert-OH is 2. The topological polar surface area (TPSA) is 95.9 Å². The van der Waals surface area contributed by atoms with Gasteiger partial charge in [-0.1, -0.05) is 218 Å². The predicted molar refractivity (Wildman–Crippen MR) is 259 cm³/mol. The molecule has 1 amide bonds. The van der Waals surface area contributed by atoms with E-state index in [2.05, 4.69) is 62.5 Å². The Balaban J connectivity index is 4.58. The lowest BCUT2D eigenvalue weighted by molar-refractivity contribution is -0.151. The molecule has 3 unspecified atom stereocenters. The summed E-state index contributed by atoms with van der Waals surface area (Å²) in [6, 6.07) is -0.704. The van der Waals surface area contributed by atoms with E-state index < -0.39 is 18.2 Å². The molecule has 0 spiro atoms. The normalized spacial score (nSPS) is 13.5. The number of aliphatic hydroxyl groups is 2. The number of ether oxygens (including phenoxy) is 1. The highest BCUT2D eigenvalue weighted by atomic mass is 16.5. The summed E-state index contributed by atoms with van der Waals surface area (Å²) in [7, 11) is 0. The van der Waals surface area contributed by atoms with E-state index in [0.717, 1.165) is 70.6 Å². The Hall–Kier alpha value is -1.92. The average Bonchev–Trinajstić information content (AvgIpc) is 3.24. The van der Waals surface area contributed by atoms with E-state index in [9.17, 15) is 19.8 Å². The minimum Gasteiger partial charge on any atom is -0.462 e. The smallest absolute Gasteiger partial charge is 0.306 e. The molecule has 352 valence electrons. The van der Waals surface area contributed by atoms with Crippen molar-refractivity contribution >= 4 is 11.9 Å². The summed E-state index contributed by atoms with van der Waals surface area (Å²) in [5.74, 6) is -0.487. The zero-order valence-electron chi connectivity index (χ0n) is 40.1. The number of carbonyl (C=O) groups excluding carboxylic acids is 2. The van der Waals surface area contributed by atoms with Gasteiger partial charge in [0.2, 0.25) is 5.91 Å². The number of unbranched alkanes of at least 4 members (excludes halogenated alkanes) is 30. The first-order valence-corrected chi connectivity index (χ1v) is 26.2. The third kappa shape index (κ3) is 42.8. The van der Waals surface area contributed by atoms with Crippen molar-refractivity contribution in [2.24, 2.45) is 0 Å². The third-order valence-electron chi connectivity index (χ3n) is 12.0. The van der Waals surface area contributed by atoms with Crippen molar-refractivity contribution in [2.75, 3.05) is 6.61 Å². The molecule has 0 heterocycles. The highest BCUT2D eigenvalue weighted by Crippen LogP contribution is 2.18. The molecule has 3 atom stereocenters. The molecule has 0 aliphatic heterocycles. The number of nitrogens with one attached hydrogen (secondary N) is 1. The van der Waals surface area contributed by atoms with Crippen LogP contribution in [0.1, 0.15) is 271 Å². The monoisotopic (exact) mass is 844 g/mol. The van der Waals surface area contributed by atoms with E-state index in [0.29, 0.717) is 19.3 Å². The molecule has 0 fully saturated rings. The van der Waals surface area contributed by atoms with Gasteiger partial charge in [0.15, 0.2) is 0 Å². The molecule has 0 aromatic heterocycles. The van der Waals surface area contributed by atoms with Gasteiger partial charge in [0.25, 0.3) is 0 Å². The molecule has 0 rings (SSSR count). The molecule has 0 aliphatic carbocycles. The molecular formula is C54H101NO5. The molecule has 6 heteroatoms. The minimum atomic E-state index is -0.790. The summed E-state index contributed by atoms with van der Waals surface area (Å²) in [5, 5.41) is 23.8. The molecule has 6 nitrogen and oxygen atoms in total. The second-order valence-corrected chi connectivity index (χ2v) is 17.9. The van der Waals surface area contributed by atoms with Crippen LogP contribution in [0, 0.1) is 0 Å². The zero-order chi connectivity index (χ0) is 43.8. The van der Waals surface area contributed by atoms with Crippen molar-refractivity contribution in [3.63, 3.8) is 0 Å². The fourth-order valence-corrected chi connectivity index (χ4v) is 7.95. The van der Waals surface area contributed by atoms with E-state index in [4.69, 9.17) is 4.74 Å². The summed E-state index contributed by atoms with van der Waals surface area (Å²) >= 11 is 0. The Morgan fingerprint density at radius 2 is 0.850 bits per heavy atom. The van der Waals surface area contributed by atoms with E-state index in [-0.39, 0.29) is 24.9 Å². The van der Waals surface area contributed by atoms with Gasteiger partial charge in [-0.2, -0.15) is 0 Å².